The van der Waals surface area contributed by atoms with Gasteiger partial charge < -0.3 is 5.32 Å². The van der Waals surface area contributed by atoms with Crippen LogP contribution in [0.5, 0.6) is 0 Å². The fourth-order valence-corrected chi connectivity index (χ4v) is 2.25. The molecule has 90 valence electrons. The Morgan fingerprint density at radius 3 is 2.65 bits per heavy atom. The minimum atomic E-state index is 0.0731. The van der Waals surface area contributed by atoms with E-state index in [0.717, 1.165) is 16.4 Å². The van der Waals surface area contributed by atoms with Gasteiger partial charge in [-0.25, -0.2) is 15.0 Å². The molecule has 2 aromatic rings. The second-order valence-electron chi connectivity index (χ2n) is 3.77. The lowest BCUT2D eigenvalue weighted by Crippen LogP contribution is -2.10. The van der Waals surface area contributed by atoms with Gasteiger partial charge in [-0.1, -0.05) is 11.6 Å². The number of aromatic nitrogens is 3. The zero-order valence-electron chi connectivity index (χ0n) is 9.86. The van der Waals surface area contributed by atoms with Crippen molar-refractivity contribution in [3.05, 3.63) is 33.1 Å². The van der Waals surface area contributed by atoms with Crippen molar-refractivity contribution in [2.75, 3.05) is 5.32 Å². The summed E-state index contributed by atoms with van der Waals surface area (Å²) in [5.74, 6) is 0.609. The van der Waals surface area contributed by atoms with E-state index in [9.17, 15) is 0 Å². The predicted molar refractivity (Wildman–Crippen MR) is 70.7 cm³/mol. The molecule has 6 heteroatoms. The Hall–Kier alpha value is -1.20. The molecule has 0 saturated heterocycles. The monoisotopic (exact) mass is 268 g/mol. The van der Waals surface area contributed by atoms with Crippen LogP contribution in [0.4, 0.5) is 5.82 Å². The number of hydrogen-bond acceptors (Lipinski definition) is 5. The normalized spacial score (nSPS) is 12.5. The van der Waals surface area contributed by atoms with Gasteiger partial charge in [0.25, 0.3) is 0 Å². The smallest absolute Gasteiger partial charge is 0.171 e. The number of thiazole rings is 1. The molecule has 2 heterocycles. The number of hydrogen-bond donors (Lipinski definition) is 1. The van der Waals surface area contributed by atoms with E-state index in [0.29, 0.717) is 11.0 Å². The average Bonchev–Trinajstić information content (AvgIpc) is 2.79. The number of nitrogens with zero attached hydrogens (tertiary/aromatic N) is 3. The zero-order valence-corrected chi connectivity index (χ0v) is 11.4. The largest absolute Gasteiger partial charge is 0.359 e. The molecule has 0 fully saturated rings. The summed E-state index contributed by atoms with van der Waals surface area (Å²) in [7, 11) is 0. The lowest BCUT2D eigenvalue weighted by molar-refractivity contribution is 0.853. The zero-order chi connectivity index (χ0) is 12.4. The molecule has 0 aliphatic rings. The second-order valence-corrected chi connectivity index (χ2v) is 5.05. The van der Waals surface area contributed by atoms with E-state index in [1.165, 1.54) is 0 Å². The number of nitrogens with one attached hydrogen (secondary N) is 1. The summed E-state index contributed by atoms with van der Waals surface area (Å²) >= 11 is 7.65. The third kappa shape index (κ3) is 2.73. The van der Waals surface area contributed by atoms with Crippen LogP contribution in [0.15, 0.2) is 11.6 Å². The molecule has 0 bridgehead atoms. The maximum absolute atomic E-state index is 6.05. The van der Waals surface area contributed by atoms with Gasteiger partial charge in [0.2, 0.25) is 0 Å². The van der Waals surface area contributed by atoms with Gasteiger partial charge in [0, 0.05) is 11.6 Å². The third-order valence-electron chi connectivity index (χ3n) is 2.44. The summed E-state index contributed by atoms with van der Waals surface area (Å²) in [6.07, 6.45) is 1.78. The van der Waals surface area contributed by atoms with Gasteiger partial charge in [0.15, 0.2) is 11.0 Å². The summed E-state index contributed by atoms with van der Waals surface area (Å²) in [6.45, 7) is 5.83. The highest BCUT2D eigenvalue weighted by molar-refractivity contribution is 7.09. The first-order valence-corrected chi connectivity index (χ1v) is 6.50. The van der Waals surface area contributed by atoms with Crippen molar-refractivity contribution in [2.24, 2.45) is 0 Å². The van der Waals surface area contributed by atoms with Gasteiger partial charge in [-0.15, -0.1) is 11.3 Å². The molecule has 17 heavy (non-hydrogen) atoms. The van der Waals surface area contributed by atoms with E-state index in [1.807, 2.05) is 26.2 Å². The van der Waals surface area contributed by atoms with Gasteiger partial charge in [0.05, 0.1) is 17.4 Å². The Balaban J connectivity index is 2.22. The van der Waals surface area contributed by atoms with E-state index in [4.69, 9.17) is 11.6 Å². The first-order chi connectivity index (χ1) is 8.08. The van der Waals surface area contributed by atoms with E-state index in [-0.39, 0.29) is 6.04 Å². The molecular weight excluding hydrogens is 256 g/mol. The van der Waals surface area contributed by atoms with Crippen LogP contribution in [0, 0.1) is 13.8 Å². The minimum Gasteiger partial charge on any atom is -0.359 e. The third-order valence-corrected chi connectivity index (χ3v) is 3.66. The molecule has 0 aromatic carbocycles. The highest BCUT2D eigenvalue weighted by atomic mass is 35.5. The molecule has 2 aromatic heterocycles. The van der Waals surface area contributed by atoms with Crippen molar-refractivity contribution >= 4 is 28.8 Å². The molecule has 0 radical (unpaired) electrons. The average molecular weight is 269 g/mol. The Bertz CT molecular complexity index is 512. The molecule has 0 aliphatic carbocycles. The number of halogens is 1. The van der Waals surface area contributed by atoms with E-state index < -0.39 is 0 Å². The standard InChI is InChI=1S/C11H13ClN4S/c1-6-7(2)15-10(9(12)14-6)16-8(3)11-13-4-5-17-11/h4-5,8H,1-3H3,(H,15,16). The van der Waals surface area contributed by atoms with Crippen LogP contribution < -0.4 is 5.32 Å². The Labute approximate surface area is 109 Å². The van der Waals surface area contributed by atoms with Gasteiger partial charge in [-0.2, -0.15) is 0 Å². The van der Waals surface area contributed by atoms with Crippen molar-refractivity contribution in [2.45, 2.75) is 26.8 Å². The maximum atomic E-state index is 6.05. The summed E-state index contributed by atoms with van der Waals surface area (Å²) < 4.78 is 0. The topological polar surface area (TPSA) is 50.7 Å². The molecule has 0 aliphatic heterocycles. The van der Waals surface area contributed by atoms with Crippen molar-refractivity contribution in [3.8, 4) is 0 Å². The first kappa shape index (κ1) is 12.3. The Morgan fingerprint density at radius 1 is 1.29 bits per heavy atom. The molecule has 1 N–H and O–H groups in total. The lowest BCUT2D eigenvalue weighted by Gasteiger charge is -2.13. The van der Waals surface area contributed by atoms with Gasteiger partial charge >= 0.3 is 0 Å². The SMILES string of the molecule is Cc1nc(Cl)c(NC(C)c2nccs2)nc1C. The molecule has 0 saturated carbocycles. The van der Waals surface area contributed by atoms with Gasteiger partial charge in [-0.05, 0) is 20.8 Å². The highest BCUT2D eigenvalue weighted by Gasteiger charge is 2.12. The van der Waals surface area contributed by atoms with Crippen molar-refractivity contribution in [1.29, 1.82) is 0 Å². The van der Waals surface area contributed by atoms with Crippen molar-refractivity contribution < 1.29 is 0 Å². The van der Waals surface area contributed by atoms with Crippen molar-refractivity contribution in [3.63, 3.8) is 0 Å². The van der Waals surface area contributed by atoms with Crippen molar-refractivity contribution in [1.82, 2.24) is 15.0 Å². The second kappa shape index (κ2) is 4.98. The first-order valence-electron chi connectivity index (χ1n) is 5.24. The van der Waals surface area contributed by atoms with Crippen LogP contribution in [0.1, 0.15) is 29.4 Å². The Morgan fingerprint density at radius 2 is 2.00 bits per heavy atom. The number of rotatable bonds is 3. The van der Waals surface area contributed by atoms with Crippen LogP contribution in [0.25, 0.3) is 0 Å². The molecule has 0 amide bonds. The highest BCUT2D eigenvalue weighted by Crippen LogP contribution is 2.24. The fourth-order valence-electron chi connectivity index (χ4n) is 1.38. The molecule has 2 rings (SSSR count). The van der Waals surface area contributed by atoms with Gasteiger partial charge in [0.1, 0.15) is 5.01 Å². The predicted octanol–water partition coefficient (Wildman–Crippen LogP) is 3.38. The fraction of sp³-hybridized carbons (Fsp3) is 0.364. The Kier molecular flexibility index (Phi) is 3.59. The summed E-state index contributed by atoms with van der Waals surface area (Å²) in [4.78, 5) is 12.9. The molecule has 1 unspecified atom stereocenters. The number of anilines is 1. The van der Waals surface area contributed by atoms with Crippen LogP contribution in [-0.2, 0) is 0 Å². The van der Waals surface area contributed by atoms with E-state index in [1.54, 1.807) is 17.5 Å². The molecule has 4 nitrogen and oxygen atoms in total. The van der Waals surface area contributed by atoms with Crippen LogP contribution >= 0.6 is 22.9 Å². The lowest BCUT2D eigenvalue weighted by atomic mass is 10.3. The molecule has 1 atom stereocenters. The molecule has 0 spiro atoms. The quantitative estimate of drug-likeness (QED) is 0.927. The van der Waals surface area contributed by atoms with Crippen LogP contribution in [0.3, 0.4) is 0 Å². The summed E-state index contributed by atoms with van der Waals surface area (Å²) in [5.41, 5.74) is 1.73. The summed E-state index contributed by atoms with van der Waals surface area (Å²) in [6, 6.07) is 0.0731. The van der Waals surface area contributed by atoms with Crippen LogP contribution in [0.2, 0.25) is 5.15 Å². The van der Waals surface area contributed by atoms with E-state index >= 15 is 0 Å². The molecular formula is C11H13ClN4S. The minimum absolute atomic E-state index is 0.0731. The van der Waals surface area contributed by atoms with Crippen LogP contribution in [-0.4, -0.2) is 15.0 Å². The number of aryl methyl sites for hydroxylation is 2. The van der Waals surface area contributed by atoms with Gasteiger partial charge in [-0.3, -0.25) is 0 Å². The maximum Gasteiger partial charge on any atom is 0.171 e. The summed E-state index contributed by atoms with van der Waals surface area (Å²) in [5, 5.41) is 6.57. The van der Waals surface area contributed by atoms with E-state index in [2.05, 4.69) is 20.3 Å².